The van der Waals surface area contributed by atoms with Gasteiger partial charge in [0.05, 0.1) is 12.9 Å². The molecule has 1 heterocycles. The molecule has 68 valence electrons. The monoisotopic (exact) mass is 182 g/mol. The van der Waals surface area contributed by atoms with Crippen LogP contribution in [-0.2, 0) is 6.54 Å². The van der Waals surface area contributed by atoms with E-state index < -0.39 is 0 Å². The number of nitrogens with zero attached hydrogens (tertiary/aromatic N) is 1. The lowest BCUT2D eigenvalue weighted by atomic mass is 10.0. The molecule has 0 bridgehead atoms. The Morgan fingerprint density at radius 2 is 1.86 bits per heavy atom. The third-order valence-electron chi connectivity index (χ3n) is 2.54. The summed E-state index contributed by atoms with van der Waals surface area (Å²) in [6.45, 7) is 0.785. The summed E-state index contributed by atoms with van der Waals surface area (Å²) in [6, 6.07) is 12.8. The highest BCUT2D eigenvalue weighted by atomic mass is 15.0. The van der Waals surface area contributed by atoms with Crippen molar-refractivity contribution in [3.8, 4) is 0 Å². The van der Waals surface area contributed by atoms with Crippen molar-refractivity contribution in [1.82, 2.24) is 0 Å². The van der Waals surface area contributed by atoms with Gasteiger partial charge in [-0.25, -0.2) is 0 Å². The molecule has 2 aromatic rings. The van der Waals surface area contributed by atoms with Crippen LogP contribution in [0.25, 0.3) is 10.8 Å². The smallest absolute Gasteiger partial charge is 0.0872 e. The summed E-state index contributed by atoms with van der Waals surface area (Å²) in [5.41, 5.74) is 2.45. The highest BCUT2D eigenvalue weighted by Gasteiger charge is 2.05. The van der Waals surface area contributed by atoms with Gasteiger partial charge in [-0.2, -0.15) is 0 Å². The van der Waals surface area contributed by atoms with Crippen LogP contribution in [0.1, 0.15) is 5.56 Å². The van der Waals surface area contributed by atoms with Crippen molar-refractivity contribution in [2.75, 3.05) is 5.32 Å². The number of aliphatic imine (C=N–C) groups is 1. The zero-order valence-corrected chi connectivity index (χ0v) is 7.70. The molecular weight excluding hydrogens is 172 g/mol. The van der Waals surface area contributed by atoms with Crippen molar-refractivity contribution in [2.45, 2.75) is 6.54 Å². The van der Waals surface area contributed by atoms with Crippen molar-refractivity contribution in [3.05, 3.63) is 42.0 Å². The number of benzene rings is 2. The molecule has 0 spiro atoms. The van der Waals surface area contributed by atoms with Gasteiger partial charge in [-0.3, -0.25) is 4.99 Å². The van der Waals surface area contributed by atoms with Gasteiger partial charge in [0.1, 0.15) is 0 Å². The number of hydrogen-bond donors (Lipinski definition) is 1. The minimum absolute atomic E-state index is 0.785. The first kappa shape index (κ1) is 7.56. The van der Waals surface area contributed by atoms with Gasteiger partial charge in [0.25, 0.3) is 0 Å². The molecule has 3 rings (SSSR count). The Hall–Kier alpha value is -1.83. The van der Waals surface area contributed by atoms with Crippen LogP contribution in [0.15, 0.2) is 41.4 Å². The topological polar surface area (TPSA) is 24.4 Å². The Balaban J connectivity index is 2.30. The quantitative estimate of drug-likeness (QED) is 0.665. The Kier molecular flexibility index (Phi) is 1.53. The molecule has 14 heavy (non-hydrogen) atoms. The maximum Gasteiger partial charge on any atom is 0.0872 e. The summed E-state index contributed by atoms with van der Waals surface area (Å²) in [6.07, 6.45) is 1.76. The van der Waals surface area contributed by atoms with E-state index in [1.54, 1.807) is 6.34 Å². The summed E-state index contributed by atoms with van der Waals surface area (Å²) in [5.74, 6) is 0. The van der Waals surface area contributed by atoms with Gasteiger partial charge < -0.3 is 5.32 Å². The maximum absolute atomic E-state index is 4.19. The summed E-state index contributed by atoms with van der Waals surface area (Å²) in [7, 11) is 0. The number of anilines is 1. The second kappa shape index (κ2) is 2.84. The SMILES string of the molecule is C1=NCc2cc3ccccc3cc2N1. The Morgan fingerprint density at radius 3 is 2.71 bits per heavy atom. The van der Waals surface area contributed by atoms with Crippen LogP contribution >= 0.6 is 0 Å². The van der Waals surface area contributed by atoms with Gasteiger partial charge in [-0.1, -0.05) is 24.3 Å². The van der Waals surface area contributed by atoms with Gasteiger partial charge in [-0.15, -0.1) is 0 Å². The molecule has 0 fully saturated rings. The lowest BCUT2D eigenvalue weighted by molar-refractivity contribution is 1.06. The molecule has 2 heteroatoms. The predicted octanol–water partition coefficient (Wildman–Crippen LogP) is 2.79. The van der Waals surface area contributed by atoms with Crippen LogP contribution in [0.5, 0.6) is 0 Å². The van der Waals surface area contributed by atoms with E-state index in [1.807, 2.05) is 0 Å². The molecule has 0 unspecified atom stereocenters. The van der Waals surface area contributed by atoms with Crippen molar-refractivity contribution >= 4 is 22.8 Å². The van der Waals surface area contributed by atoms with Crippen LogP contribution in [0.2, 0.25) is 0 Å². The summed E-state index contributed by atoms with van der Waals surface area (Å²) in [5, 5.41) is 5.72. The fourth-order valence-electron chi connectivity index (χ4n) is 1.81. The second-order valence-electron chi connectivity index (χ2n) is 3.47. The fraction of sp³-hybridized carbons (Fsp3) is 0.0833. The summed E-state index contributed by atoms with van der Waals surface area (Å²) in [4.78, 5) is 4.19. The lowest BCUT2D eigenvalue weighted by Gasteiger charge is -2.13. The van der Waals surface area contributed by atoms with E-state index in [2.05, 4.69) is 46.7 Å². The minimum Gasteiger partial charge on any atom is -0.346 e. The van der Waals surface area contributed by atoms with E-state index in [-0.39, 0.29) is 0 Å². The van der Waals surface area contributed by atoms with E-state index >= 15 is 0 Å². The summed E-state index contributed by atoms with van der Waals surface area (Å²) >= 11 is 0. The first-order valence-electron chi connectivity index (χ1n) is 4.70. The van der Waals surface area contributed by atoms with Crippen LogP contribution in [0.4, 0.5) is 5.69 Å². The highest BCUT2D eigenvalue weighted by Crippen LogP contribution is 2.25. The van der Waals surface area contributed by atoms with Gasteiger partial charge >= 0.3 is 0 Å². The Bertz CT molecular complexity index is 468. The zero-order valence-electron chi connectivity index (χ0n) is 7.70. The van der Waals surface area contributed by atoms with Crippen LogP contribution in [0.3, 0.4) is 0 Å². The fourth-order valence-corrected chi connectivity index (χ4v) is 1.81. The molecule has 1 aliphatic heterocycles. The van der Waals surface area contributed by atoms with Crippen molar-refractivity contribution in [3.63, 3.8) is 0 Å². The summed E-state index contributed by atoms with van der Waals surface area (Å²) < 4.78 is 0. The first-order valence-corrected chi connectivity index (χ1v) is 4.70. The van der Waals surface area contributed by atoms with E-state index in [0.717, 1.165) is 6.54 Å². The second-order valence-corrected chi connectivity index (χ2v) is 3.47. The molecule has 2 aromatic carbocycles. The molecule has 0 radical (unpaired) electrons. The predicted molar refractivity (Wildman–Crippen MR) is 59.8 cm³/mol. The lowest BCUT2D eigenvalue weighted by Crippen LogP contribution is -2.04. The molecule has 1 aliphatic rings. The molecular formula is C12H10N2. The molecule has 0 saturated heterocycles. The third kappa shape index (κ3) is 1.08. The largest absolute Gasteiger partial charge is 0.346 e. The molecule has 1 N–H and O–H groups in total. The molecule has 0 amide bonds. The average molecular weight is 182 g/mol. The molecule has 2 nitrogen and oxygen atoms in total. The van der Waals surface area contributed by atoms with Gasteiger partial charge in [0, 0.05) is 5.69 Å². The third-order valence-corrected chi connectivity index (χ3v) is 2.54. The Labute approximate surface area is 82.3 Å². The average Bonchev–Trinajstić information content (AvgIpc) is 2.26. The molecule has 0 atom stereocenters. The zero-order chi connectivity index (χ0) is 9.38. The molecule has 0 saturated carbocycles. The van der Waals surface area contributed by atoms with Gasteiger partial charge in [-0.05, 0) is 28.5 Å². The molecule has 0 aromatic heterocycles. The van der Waals surface area contributed by atoms with E-state index in [4.69, 9.17) is 0 Å². The number of rotatable bonds is 0. The number of nitrogens with one attached hydrogen (secondary N) is 1. The minimum atomic E-state index is 0.785. The number of fused-ring (bicyclic) bond motifs is 2. The first-order chi connectivity index (χ1) is 6.93. The van der Waals surface area contributed by atoms with Crippen molar-refractivity contribution in [2.24, 2.45) is 4.99 Å². The van der Waals surface area contributed by atoms with Crippen molar-refractivity contribution in [1.29, 1.82) is 0 Å². The molecule has 0 aliphatic carbocycles. The van der Waals surface area contributed by atoms with Crippen LogP contribution < -0.4 is 5.32 Å². The highest BCUT2D eigenvalue weighted by molar-refractivity contribution is 5.91. The van der Waals surface area contributed by atoms with Gasteiger partial charge in [0.2, 0.25) is 0 Å². The number of hydrogen-bond acceptors (Lipinski definition) is 2. The standard InChI is InChI=1S/C12H10N2/c1-2-4-10-6-12-11(5-9(10)3-1)7-13-8-14-12/h1-6,8H,7H2,(H,13,14). The van der Waals surface area contributed by atoms with Crippen LogP contribution in [0, 0.1) is 0 Å². The van der Waals surface area contributed by atoms with Crippen molar-refractivity contribution < 1.29 is 0 Å². The van der Waals surface area contributed by atoms with Crippen LogP contribution in [-0.4, -0.2) is 6.34 Å². The van der Waals surface area contributed by atoms with E-state index in [1.165, 1.54) is 22.0 Å². The van der Waals surface area contributed by atoms with E-state index in [0.29, 0.717) is 0 Å². The van der Waals surface area contributed by atoms with E-state index in [9.17, 15) is 0 Å². The maximum atomic E-state index is 4.19. The van der Waals surface area contributed by atoms with Gasteiger partial charge in [0.15, 0.2) is 0 Å². The normalized spacial score (nSPS) is 13.7. The Morgan fingerprint density at radius 1 is 1.07 bits per heavy atom.